The van der Waals surface area contributed by atoms with Crippen LogP contribution in [0.1, 0.15) is 38.9 Å². The Morgan fingerprint density at radius 1 is 1.03 bits per heavy atom. The van der Waals surface area contributed by atoms with Gasteiger partial charge in [-0.05, 0) is 54.8 Å². The summed E-state index contributed by atoms with van der Waals surface area (Å²) in [6, 6.07) is 11.0. The van der Waals surface area contributed by atoms with E-state index >= 15 is 0 Å². The van der Waals surface area contributed by atoms with Gasteiger partial charge in [-0.3, -0.25) is 14.5 Å². The molecule has 166 valence electrons. The highest BCUT2D eigenvalue weighted by atomic mass is 79.9. The van der Waals surface area contributed by atoms with Gasteiger partial charge < -0.3 is 14.1 Å². The molecule has 1 unspecified atom stereocenters. The predicted octanol–water partition coefficient (Wildman–Crippen LogP) is 4.05. The maximum absolute atomic E-state index is 13.7. The standard InChI is InChI=1S/C25H25BrN2O4/c1-15-12-19-20(13-16(15)2)32-24-21(23(19)29)22(17-4-3-5-18(26)14-17)28(25(24)30)7-6-27-8-10-31-11-9-27/h3-5,12-14,22H,6-11H2,1-2H3. The molecule has 1 amide bonds. The Labute approximate surface area is 194 Å². The van der Waals surface area contributed by atoms with Crippen LogP contribution in [0.5, 0.6) is 0 Å². The fourth-order valence-corrected chi connectivity index (χ4v) is 5.02. The van der Waals surface area contributed by atoms with Crippen LogP contribution in [-0.2, 0) is 4.74 Å². The summed E-state index contributed by atoms with van der Waals surface area (Å²) in [5.74, 6) is -0.0619. The molecular formula is C25H25BrN2O4. The SMILES string of the molecule is Cc1cc2oc3c(c(=O)c2cc1C)C(c1cccc(Br)c1)N(CCN1CCOCC1)C3=O. The minimum absolute atomic E-state index is 0.128. The molecular weight excluding hydrogens is 472 g/mol. The normalized spacial score (nSPS) is 19.0. The molecule has 0 saturated carbocycles. The van der Waals surface area contributed by atoms with E-state index in [9.17, 15) is 9.59 Å². The zero-order valence-corrected chi connectivity index (χ0v) is 19.8. The van der Waals surface area contributed by atoms with E-state index < -0.39 is 6.04 Å². The highest BCUT2D eigenvalue weighted by Crippen LogP contribution is 2.39. The number of nitrogens with zero attached hydrogens (tertiary/aromatic N) is 2. The van der Waals surface area contributed by atoms with Crippen molar-refractivity contribution in [1.82, 2.24) is 9.80 Å². The number of fused-ring (bicyclic) bond motifs is 2. The first kappa shape index (κ1) is 21.4. The Morgan fingerprint density at radius 2 is 1.78 bits per heavy atom. The molecule has 0 spiro atoms. The first-order chi connectivity index (χ1) is 15.4. The molecule has 2 aliphatic heterocycles. The molecule has 5 rings (SSSR count). The highest BCUT2D eigenvalue weighted by Gasteiger charge is 2.42. The van der Waals surface area contributed by atoms with E-state index in [1.54, 1.807) is 4.90 Å². The van der Waals surface area contributed by atoms with Gasteiger partial charge in [0.1, 0.15) is 5.58 Å². The largest absolute Gasteiger partial charge is 0.450 e. The Hall–Kier alpha value is -2.48. The number of morpholine rings is 1. The van der Waals surface area contributed by atoms with Crippen LogP contribution in [0.4, 0.5) is 0 Å². The molecule has 3 aromatic rings. The summed E-state index contributed by atoms with van der Waals surface area (Å²) < 4.78 is 12.4. The number of halogens is 1. The van der Waals surface area contributed by atoms with Crippen molar-refractivity contribution >= 4 is 32.8 Å². The molecule has 1 atom stereocenters. The van der Waals surface area contributed by atoms with E-state index in [-0.39, 0.29) is 17.1 Å². The van der Waals surface area contributed by atoms with Crippen molar-refractivity contribution in [3.05, 3.63) is 79.1 Å². The smallest absolute Gasteiger partial charge is 0.290 e. The summed E-state index contributed by atoms with van der Waals surface area (Å²) in [5.41, 5.74) is 3.72. The predicted molar refractivity (Wildman–Crippen MR) is 126 cm³/mol. The third-order valence-corrected chi connectivity index (χ3v) is 7.00. The number of benzene rings is 2. The van der Waals surface area contributed by atoms with E-state index in [1.807, 2.05) is 50.2 Å². The topological polar surface area (TPSA) is 63.0 Å². The summed E-state index contributed by atoms with van der Waals surface area (Å²) in [4.78, 5) is 31.3. The number of carbonyl (C=O) groups excluding carboxylic acids is 1. The summed E-state index contributed by atoms with van der Waals surface area (Å²) in [7, 11) is 0. The summed E-state index contributed by atoms with van der Waals surface area (Å²) in [6.45, 7) is 8.27. The van der Waals surface area contributed by atoms with Crippen molar-refractivity contribution < 1.29 is 13.9 Å². The number of amides is 1. The fraction of sp³-hybridized carbons (Fsp3) is 0.360. The molecule has 0 bridgehead atoms. The van der Waals surface area contributed by atoms with Crippen LogP contribution in [0.15, 0.2) is 50.1 Å². The minimum atomic E-state index is -0.474. The number of rotatable bonds is 4. The van der Waals surface area contributed by atoms with Gasteiger partial charge in [0.25, 0.3) is 5.91 Å². The molecule has 2 aromatic carbocycles. The van der Waals surface area contributed by atoms with Gasteiger partial charge in [-0.15, -0.1) is 0 Å². The molecule has 0 radical (unpaired) electrons. The van der Waals surface area contributed by atoms with Gasteiger partial charge in [-0.2, -0.15) is 0 Å². The van der Waals surface area contributed by atoms with Crippen LogP contribution >= 0.6 is 15.9 Å². The van der Waals surface area contributed by atoms with Crippen molar-refractivity contribution in [2.45, 2.75) is 19.9 Å². The van der Waals surface area contributed by atoms with Crippen molar-refractivity contribution in [1.29, 1.82) is 0 Å². The van der Waals surface area contributed by atoms with Gasteiger partial charge in [-0.25, -0.2) is 0 Å². The maximum atomic E-state index is 13.7. The maximum Gasteiger partial charge on any atom is 0.290 e. The zero-order chi connectivity index (χ0) is 22.4. The third-order valence-electron chi connectivity index (χ3n) is 6.51. The molecule has 0 aliphatic carbocycles. The van der Waals surface area contributed by atoms with Crippen molar-refractivity contribution in [2.24, 2.45) is 0 Å². The first-order valence-corrected chi connectivity index (χ1v) is 11.7. The monoisotopic (exact) mass is 496 g/mol. The molecule has 32 heavy (non-hydrogen) atoms. The average molecular weight is 497 g/mol. The third kappa shape index (κ3) is 3.68. The van der Waals surface area contributed by atoms with Gasteiger partial charge in [0, 0.05) is 30.7 Å². The van der Waals surface area contributed by atoms with Gasteiger partial charge >= 0.3 is 0 Å². The lowest BCUT2D eigenvalue weighted by atomic mass is 9.97. The van der Waals surface area contributed by atoms with Gasteiger partial charge in [-0.1, -0.05) is 28.1 Å². The van der Waals surface area contributed by atoms with E-state index in [2.05, 4.69) is 20.8 Å². The second-order valence-corrected chi connectivity index (χ2v) is 9.43. The highest BCUT2D eigenvalue weighted by molar-refractivity contribution is 9.10. The van der Waals surface area contributed by atoms with Gasteiger partial charge in [0.05, 0.1) is 30.2 Å². The lowest BCUT2D eigenvalue weighted by Gasteiger charge is -2.31. The van der Waals surface area contributed by atoms with Gasteiger partial charge in [0.15, 0.2) is 5.43 Å². The van der Waals surface area contributed by atoms with Crippen molar-refractivity contribution in [3.63, 3.8) is 0 Å². The lowest BCUT2D eigenvalue weighted by molar-refractivity contribution is 0.0314. The first-order valence-electron chi connectivity index (χ1n) is 10.9. The molecule has 3 heterocycles. The van der Waals surface area contributed by atoms with Crippen LogP contribution < -0.4 is 5.43 Å². The summed E-state index contributed by atoms with van der Waals surface area (Å²) in [5, 5.41) is 0.523. The Morgan fingerprint density at radius 3 is 2.53 bits per heavy atom. The lowest BCUT2D eigenvalue weighted by Crippen LogP contribution is -2.42. The van der Waals surface area contributed by atoms with Gasteiger partial charge in [0.2, 0.25) is 5.76 Å². The summed E-state index contributed by atoms with van der Waals surface area (Å²) >= 11 is 3.53. The number of aryl methyl sites for hydroxylation is 2. The number of hydrogen-bond acceptors (Lipinski definition) is 5. The van der Waals surface area contributed by atoms with Crippen LogP contribution in [0, 0.1) is 13.8 Å². The van der Waals surface area contributed by atoms with Crippen LogP contribution in [-0.4, -0.2) is 55.1 Å². The molecule has 1 aromatic heterocycles. The molecule has 6 nitrogen and oxygen atoms in total. The van der Waals surface area contributed by atoms with E-state index in [1.165, 1.54) is 0 Å². The second-order valence-electron chi connectivity index (χ2n) is 8.52. The van der Waals surface area contributed by atoms with Crippen molar-refractivity contribution in [2.75, 3.05) is 39.4 Å². The van der Waals surface area contributed by atoms with Crippen LogP contribution in [0.2, 0.25) is 0 Å². The Bertz CT molecular complexity index is 1260. The minimum Gasteiger partial charge on any atom is -0.450 e. The molecule has 7 heteroatoms. The van der Waals surface area contributed by atoms with Crippen molar-refractivity contribution in [3.8, 4) is 0 Å². The fourth-order valence-electron chi connectivity index (χ4n) is 4.60. The second kappa shape index (κ2) is 8.46. The van der Waals surface area contributed by atoms with Crippen LogP contribution in [0.25, 0.3) is 11.0 Å². The number of hydrogen-bond donors (Lipinski definition) is 0. The zero-order valence-electron chi connectivity index (χ0n) is 18.2. The molecule has 1 saturated heterocycles. The Kier molecular flexibility index (Phi) is 5.65. The molecule has 1 fully saturated rings. The van der Waals surface area contributed by atoms with Crippen LogP contribution in [0.3, 0.4) is 0 Å². The number of ether oxygens (including phenoxy) is 1. The van der Waals surface area contributed by atoms with E-state index in [4.69, 9.17) is 9.15 Å². The Balaban J connectivity index is 1.63. The van der Waals surface area contributed by atoms with E-state index in [0.29, 0.717) is 36.3 Å². The number of carbonyl (C=O) groups is 1. The quantitative estimate of drug-likeness (QED) is 0.545. The molecule has 2 aliphatic rings. The average Bonchev–Trinajstić information content (AvgIpc) is 3.06. The van der Waals surface area contributed by atoms with E-state index in [0.717, 1.165) is 40.8 Å². The molecule has 0 N–H and O–H groups in total. The summed E-state index contributed by atoms with van der Waals surface area (Å²) in [6.07, 6.45) is 0.